The van der Waals surface area contributed by atoms with Gasteiger partial charge in [-0.3, -0.25) is 4.79 Å². The first-order chi connectivity index (χ1) is 9.21. The van der Waals surface area contributed by atoms with Gasteiger partial charge in [0.15, 0.2) is 5.78 Å². The summed E-state index contributed by atoms with van der Waals surface area (Å²) >= 11 is 6.56. The summed E-state index contributed by atoms with van der Waals surface area (Å²) in [7, 11) is 9.97. The number of allylic oxidation sites excluding steroid dienone is 1. The van der Waals surface area contributed by atoms with E-state index in [-0.39, 0.29) is 5.78 Å². The molecule has 1 aliphatic rings. The number of ketones is 1. The van der Waals surface area contributed by atoms with Gasteiger partial charge in [-0.1, -0.05) is 28.6 Å². The molecule has 8 heteroatoms. The van der Waals surface area contributed by atoms with E-state index in [9.17, 15) is 4.79 Å². The topological polar surface area (TPSA) is 43.1 Å². The van der Waals surface area contributed by atoms with E-state index in [1.54, 1.807) is 0 Å². The molecule has 1 aliphatic carbocycles. The minimum Gasteiger partial charge on any atom is -0.315 e. The quantitative estimate of drug-likeness (QED) is 0.522. The van der Waals surface area contributed by atoms with E-state index in [1.165, 1.54) is 10.9 Å². The predicted octanol–water partition coefficient (Wildman–Crippen LogP) is -5.59. The molecule has 1 aromatic carbocycles. The zero-order valence-corrected chi connectivity index (χ0v) is 13.6. The van der Waals surface area contributed by atoms with Gasteiger partial charge in [-0.05, 0) is 23.9 Å². The van der Waals surface area contributed by atoms with Crippen molar-refractivity contribution in [2.45, 2.75) is 18.4 Å². The van der Waals surface area contributed by atoms with Gasteiger partial charge in [-0.15, -0.1) is 10.9 Å². The van der Waals surface area contributed by atoms with Crippen LogP contribution in [-0.4, -0.2) is 45.0 Å². The lowest BCUT2D eigenvalue weighted by atomic mass is 9.60. The summed E-state index contributed by atoms with van der Waals surface area (Å²) < 4.78 is 0. The summed E-state index contributed by atoms with van der Waals surface area (Å²) in [5.41, 5.74) is 11.5. The highest BCUT2D eigenvalue weighted by atomic mass is 35.5. The van der Waals surface area contributed by atoms with E-state index in [0.29, 0.717) is 11.4 Å². The van der Waals surface area contributed by atoms with Crippen molar-refractivity contribution in [1.82, 2.24) is 0 Å². The van der Waals surface area contributed by atoms with Crippen LogP contribution in [0.2, 0.25) is 5.02 Å². The molecule has 1 unspecified atom stereocenters. The SMILES string of the molecule is BC1=CCCC(N)(c2c(B)c(B)c(B)c(B)c2Cl)C1=O. The molecule has 0 aromatic heterocycles. The maximum Gasteiger partial charge on any atom is 0.173 e. The molecule has 2 N–H and O–H groups in total. The second-order valence-corrected chi connectivity index (χ2v) is 6.29. The third-order valence-electron chi connectivity index (χ3n) is 4.81. The first kappa shape index (κ1) is 15.6. The van der Waals surface area contributed by atoms with Gasteiger partial charge in [0.25, 0.3) is 0 Å². The smallest absolute Gasteiger partial charge is 0.173 e. The zero-order chi connectivity index (χ0) is 15.2. The third kappa shape index (κ3) is 2.12. The molecule has 20 heavy (non-hydrogen) atoms. The molecular weight excluding hydrogens is 264 g/mol. The first-order valence-electron chi connectivity index (χ1n) is 6.98. The number of rotatable bonds is 1. The maximum absolute atomic E-state index is 12.6. The molecule has 0 bridgehead atoms. The van der Waals surface area contributed by atoms with Gasteiger partial charge in [0.05, 0.1) is 0 Å². The van der Waals surface area contributed by atoms with Gasteiger partial charge >= 0.3 is 0 Å². The van der Waals surface area contributed by atoms with Crippen LogP contribution in [0.1, 0.15) is 18.4 Å². The summed E-state index contributed by atoms with van der Waals surface area (Å²) in [4.78, 5) is 12.6. The number of hydrogen-bond donors (Lipinski definition) is 1. The maximum atomic E-state index is 12.6. The standard InChI is InChI=1S/C12H17B5ClNO/c13-4-2-1-3-12(19,11(4)20)5-6(14)7(15)8(16)9(17)10(5)18/h2H,1,3,13-17,19H2. The summed E-state index contributed by atoms with van der Waals surface area (Å²) in [5, 5.41) is 0.649. The van der Waals surface area contributed by atoms with Gasteiger partial charge in [0.2, 0.25) is 0 Å². The Morgan fingerprint density at radius 2 is 1.60 bits per heavy atom. The summed E-state index contributed by atoms with van der Waals surface area (Å²) in [6.07, 6.45) is 3.39. The van der Waals surface area contributed by atoms with E-state index in [4.69, 9.17) is 17.3 Å². The third-order valence-corrected chi connectivity index (χ3v) is 5.28. The Labute approximate surface area is 129 Å². The van der Waals surface area contributed by atoms with Crippen molar-refractivity contribution in [2.75, 3.05) is 0 Å². The van der Waals surface area contributed by atoms with Crippen molar-refractivity contribution in [3.8, 4) is 0 Å². The van der Waals surface area contributed by atoms with Crippen molar-refractivity contribution in [2.24, 2.45) is 5.73 Å². The molecule has 0 amide bonds. The molecule has 0 aliphatic heterocycles. The fourth-order valence-electron chi connectivity index (χ4n) is 3.11. The van der Waals surface area contributed by atoms with Crippen LogP contribution in [0.15, 0.2) is 11.5 Å². The molecular formula is C12H17B5ClNO. The lowest BCUT2D eigenvalue weighted by Crippen LogP contribution is -2.57. The molecule has 2 nitrogen and oxygen atoms in total. The Kier molecular flexibility index (Phi) is 4.05. The van der Waals surface area contributed by atoms with Gasteiger partial charge in [0, 0.05) is 5.02 Å². The van der Waals surface area contributed by atoms with Gasteiger partial charge < -0.3 is 5.73 Å². The molecule has 0 fully saturated rings. The van der Waals surface area contributed by atoms with Gasteiger partial charge in [-0.2, -0.15) is 0 Å². The minimum atomic E-state index is -0.983. The van der Waals surface area contributed by atoms with E-state index >= 15 is 0 Å². The normalized spacial score (nSPS) is 22.7. The monoisotopic (exact) mass is 281 g/mol. The lowest BCUT2D eigenvalue weighted by Gasteiger charge is -2.35. The molecule has 2 rings (SSSR count). The second kappa shape index (κ2) is 5.20. The fourth-order valence-corrected chi connectivity index (χ4v) is 3.56. The van der Waals surface area contributed by atoms with Crippen LogP contribution in [0.25, 0.3) is 0 Å². The molecule has 98 valence electrons. The van der Waals surface area contributed by atoms with Crippen molar-refractivity contribution < 1.29 is 4.79 Å². The van der Waals surface area contributed by atoms with Gasteiger partial charge in [-0.25, -0.2) is 0 Å². The number of benzene rings is 1. The number of hydrogen-bond acceptors (Lipinski definition) is 2. The summed E-state index contributed by atoms with van der Waals surface area (Å²) in [6, 6.07) is 0. The Bertz CT molecular complexity index is 616. The number of halogens is 1. The molecule has 1 atom stereocenters. The first-order valence-corrected chi connectivity index (χ1v) is 7.36. The minimum absolute atomic E-state index is 0.00333. The Balaban J connectivity index is 2.77. The van der Waals surface area contributed by atoms with E-state index in [1.807, 2.05) is 29.6 Å². The molecule has 0 heterocycles. The average Bonchev–Trinajstić information content (AvgIpc) is 2.40. The van der Waals surface area contributed by atoms with Crippen molar-refractivity contribution in [3.63, 3.8) is 0 Å². The van der Waals surface area contributed by atoms with Crippen LogP contribution < -0.4 is 27.6 Å². The van der Waals surface area contributed by atoms with Crippen LogP contribution >= 0.6 is 11.6 Å². The van der Waals surface area contributed by atoms with Crippen LogP contribution in [0, 0.1) is 0 Å². The molecule has 0 radical (unpaired) electrons. The van der Waals surface area contributed by atoms with Crippen LogP contribution in [0.5, 0.6) is 0 Å². The molecule has 0 spiro atoms. The van der Waals surface area contributed by atoms with Gasteiger partial charge in [0.1, 0.15) is 44.8 Å². The highest BCUT2D eigenvalue weighted by molar-refractivity contribution is 6.65. The number of carbonyl (C=O) groups is 1. The lowest BCUT2D eigenvalue weighted by molar-refractivity contribution is -0.120. The summed E-state index contributed by atoms with van der Waals surface area (Å²) in [5.74, 6) is -0.00333. The highest BCUT2D eigenvalue weighted by Gasteiger charge is 2.40. The fraction of sp³-hybridized carbons (Fsp3) is 0.250. The Hall–Kier alpha value is -0.795. The number of nitrogens with two attached hydrogens (primary N) is 1. The largest absolute Gasteiger partial charge is 0.315 e. The van der Waals surface area contributed by atoms with Crippen LogP contribution in [0.3, 0.4) is 0 Å². The van der Waals surface area contributed by atoms with E-state index < -0.39 is 5.54 Å². The van der Waals surface area contributed by atoms with Crippen molar-refractivity contribution >= 4 is 78.5 Å². The van der Waals surface area contributed by atoms with E-state index in [0.717, 1.165) is 28.4 Å². The predicted molar refractivity (Wildman–Crippen MR) is 101 cm³/mol. The number of Topliss-reactive ketones (excluding diaryl/α,β-unsaturated/α-hetero) is 1. The zero-order valence-electron chi connectivity index (χ0n) is 12.9. The molecule has 0 saturated heterocycles. The molecule has 1 aromatic rings. The van der Waals surface area contributed by atoms with Crippen molar-refractivity contribution in [3.05, 3.63) is 22.1 Å². The Morgan fingerprint density at radius 1 is 1.05 bits per heavy atom. The summed E-state index contributed by atoms with van der Waals surface area (Å²) in [6.45, 7) is 0. The Morgan fingerprint density at radius 3 is 2.20 bits per heavy atom. The average molecular weight is 281 g/mol. The van der Waals surface area contributed by atoms with Crippen LogP contribution in [0.4, 0.5) is 0 Å². The van der Waals surface area contributed by atoms with E-state index in [2.05, 4.69) is 15.7 Å². The highest BCUT2D eigenvalue weighted by Crippen LogP contribution is 2.32. The number of carbonyl (C=O) groups excluding carboxylic acids is 1. The second-order valence-electron chi connectivity index (χ2n) is 5.92. The van der Waals surface area contributed by atoms with Crippen molar-refractivity contribution in [1.29, 1.82) is 0 Å². The van der Waals surface area contributed by atoms with Crippen LogP contribution in [-0.2, 0) is 10.3 Å². The molecule has 0 saturated carbocycles.